The Balaban J connectivity index is 1.58. The molecular weight excluding hydrogens is 370 g/mol. The highest BCUT2D eigenvalue weighted by atomic mass is 32.2. The van der Waals surface area contributed by atoms with E-state index in [1.165, 1.54) is 24.3 Å². The number of rotatable bonds is 7. The van der Waals surface area contributed by atoms with Crippen LogP contribution in [0.4, 0.5) is 5.69 Å². The molecule has 144 valence electrons. The van der Waals surface area contributed by atoms with Crippen LogP contribution < -0.4 is 4.72 Å². The second-order valence-electron chi connectivity index (χ2n) is 6.19. The summed E-state index contributed by atoms with van der Waals surface area (Å²) < 4.78 is 33.1. The van der Waals surface area contributed by atoms with E-state index in [9.17, 15) is 18.5 Å². The maximum Gasteiger partial charge on any atom is 0.289 e. The van der Waals surface area contributed by atoms with E-state index in [0.717, 1.165) is 5.56 Å². The van der Waals surface area contributed by atoms with Crippen molar-refractivity contribution < 1.29 is 18.1 Å². The van der Waals surface area contributed by atoms with Gasteiger partial charge < -0.3 is 4.74 Å². The number of hydrogen-bond acceptors (Lipinski definition) is 6. The van der Waals surface area contributed by atoms with Gasteiger partial charge in [-0.05, 0) is 11.6 Å². The van der Waals surface area contributed by atoms with Crippen molar-refractivity contribution in [2.75, 3.05) is 32.8 Å². The highest BCUT2D eigenvalue weighted by Gasteiger charge is 2.26. The van der Waals surface area contributed by atoms with Crippen LogP contribution in [0.5, 0.6) is 0 Å². The number of nitrogens with one attached hydrogen (secondary N) is 1. The fraction of sp³-hybridized carbons (Fsp3) is 0.333. The first-order valence-corrected chi connectivity index (χ1v) is 10.1. The van der Waals surface area contributed by atoms with Crippen molar-refractivity contribution in [2.24, 2.45) is 0 Å². The summed E-state index contributed by atoms with van der Waals surface area (Å²) in [5, 5.41) is 11.1. The lowest BCUT2D eigenvalue weighted by Gasteiger charge is -2.33. The zero-order valence-electron chi connectivity index (χ0n) is 14.7. The van der Waals surface area contributed by atoms with Crippen molar-refractivity contribution in [3.8, 4) is 0 Å². The van der Waals surface area contributed by atoms with Crippen LogP contribution in [0, 0.1) is 10.1 Å². The highest BCUT2D eigenvalue weighted by molar-refractivity contribution is 7.89. The Morgan fingerprint density at radius 2 is 1.85 bits per heavy atom. The summed E-state index contributed by atoms with van der Waals surface area (Å²) in [4.78, 5) is 12.2. The summed E-state index contributed by atoms with van der Waals surface area (Å²) in [5.74, 6) is 0. The van der Waals surface area contributed by atoms with Crippen LogP contribution in [-0.4, -0.2) is 51.0 Å². The van der Waals surface area contributed by atoms with Crippen LogP contribution in [-0.2, 0) is 14.8 Å². The predicted octanol–water partition coefficient (Wildman–Crippen LogP) is 1.95. The van der Waals surface area contributed by atoms with E-state index in [1.807, 2.05) is 30.3 Å². The molecule has 0 amide bonds. The molecule has 2 aromatic carbocycles. The zero-order chi connectivity index (χ0) is 19.3. The van der Waals surface area contributed by atoms with E-state index in [4.69, 9.17) is 4.74 Å². The van der Waals surface area contributed by atoms with Gasteiger partial charge in [-0.1, -0.05) is 42.5 Å². The average molecular weight is 391 g/mol. The second kappa shape index (κ2) is 8.57. The lowest BCUT2D eigenvalue weighted by atomic mass is 10.1. The third kappa shape index (κ3) is 4.89. The molecule has 1 fully saturated rings. The molecule has 0 spiro atoms. The average Bonchev–Trinajstić information content (AvgIpc) is 2.69. The fourth-order valence-corrected chi connectivity index (χ4v) is 4.22. The molecular formula is C18H21N3O5S. The molecule has 0 bridgehead atoms. The van der Waals surface area contributed by atoms with Crippen LogP contribution in [0.15, 0.2) is 59.5 Å². The van der Waals surface area contributed by atoms with Crippen molar-refractivity contribution in [1.82, 2.24) is 9.62 Å². The molecule has 2 aromatic rings. The maximum atomic E-state index is 12.4. The number of sulfonamides is 1. The molecule has 1 unspecified atom stereocenters. The lowest BCUT2D eigenvalue weighted by Crippen LogP contribution is -2.42. The molecule has 1 N–H and O–H groups in total. The van der Waals surface area contributed by atoms with Gasteiger partial charge in [0.25, 0.3) is 5.69 Å². The van der Waals surface area contributed by atoms with E-state index in [1.54, 1.807) is 0 Å². The molecule has 0 saturated carbocycles. The number of morpholine rings is 1. The summed E-state index contributed by atoms with van der Waals surface area (Å²) in [7, 11) is -3.95. The Labute approximate surface area is 158 Å². The maximum absolute atomic E-state index is 12.4. The van der Waals surface area contributed by atoms with Gasteiger partial charge in [-0.2, -0.15) is 0 Å². The Bertz CT molecular complexity index is 889. The van der Waals surface area contributed by atoms with Gasteiger partial charge in [0.05, 0.1) is 17.6 Å². The minimum Gasteiger partial charge on any atom is -0.371 e. The van der Waals surface area contributed by atoms with E-state index in [0.29, 0.717) is 26.2 Å². The number of benzene rings is 2. The Morgan fingerprint density at radius 1 is 1.15 bits per heavy atom. The largest absolute Gasteiger partial charge is 0.371 e. The minimum atomic E-state index is -3.95. The third-order valence-corrected chi connectivity index (χ3v) is 5.90. The topological polar surface area (TPSA) is 102 Å². The Hall–Kier alpha value is -2.33. The smallest absolute Gasteiger partial charge is 0.289 e. The van der Waals surface area contributed by atoms with Crippen molar-refractivity contribution in [2.45, 2.75) is 11.0 Å². The molecule has 1 heterocycles. The summed E-state index contributed by atoms with van der Waals surface area (Å²) in [5.41, 5.74) is 0.656. The van der Waals surface area contributed by atoms with Gasteiger partial charge in [0.1, 0.15) is 0 Å². The molecule has 1 saturated heterocycles. The van der Waals surface area contributed by atoms with Crippen LogP contribution in [0.1, 0.15) is 11.7 Å². The van der Waals surface area contributed by atoms with E-state index >= 15 is 0 Å². The molecule has 8 nitrogen and oxygen atoms in total. The van der Waals surface area contributed by atoms with Crippen molar-refractivity contribution in [1.29, 1.82) is 0 Å². The molecule has 0 radical (unpaired) electrons. The summed E-state index contributed by atoms with van der Waals surface area (Å²) in [6.45, 7) is 2.59. The van der Waals surface area contributed by atoms with Crippen LogP contribution in [0.3, 0.4) is 0 Å². The molecule has 0 aliphatic carbocycles. The number of hydrogen-bond donors (Lipinski definition) is 1. The Kier molecular flexibility index (Phi) is 6.17. The van der Waals surface area contributed by atoms with Gasteiger partial charge in [0.2, 0.25) is 10.0 Å². The van der Waals surface area contributed by atoms with Gasteiger partial charge in [-0.3, -0.25) is 15.0 Å². The lowest BCUT2D eigenvalue weighted by molar-refractivity contribution is -0.387. The number of nitro groups is 1. The number of ether oxygens (including phenoxy) is 1. The minimum absolute atomic E-state index is 0.0493. The summed E-state index contributed by atoms with van der Waals surface area (Å²) in [6, 6.07) is 15.2. The van der Waals surface area contributed by atoms with Gasteiger partial charge in [0.15, 0.2) is 4.90 Å². The first-order chi connectivity index (χ1) is 13.0. The van der Waals surface area contributed by atoms with Crippen molar-refractivity contribution in [3.05, 3.63) is 70.3 Å². The normalized spacial score (nSPS) is 18.3. The van der Waals surface area contributed by atoms with Crippen LogP contribution >= 0.6 is 0 Å². The number of nitro benzene ring substituents is 1. The van der Waals surface area contributed by atoms with Crippen molar-refractivity contribution >= 4 is 15.7 Å². The monoisotopic (exact) mass is 391 g/mol. The predicted molar refractivity (Wildman–Crippen MR) is 99.9 cm³/mol. The zero-order valence-corrected chi connectivity index (χ0v) is 15.5. The van der Waals surface area contributed by atoms with Crippen LogP contribution in [0.25, 0.3) is 0 Å². The van der Waals surface area contributed by atoms with Gasteiger partial charge in [-0.25, -0.2) is 13.1 Å². The summed E-state index contributed by atoms with van der Waals surface area (Å²) in [6.07, 6.45) is -0.0493. The Morgan fingerprint density at radius 3 is 2.59 bits per heavy atom. The number of para-hydroxylation sites is 1. The van der Waals surface area contributed by atoms with E-state index in [2.05, 4.69) is 9.62 Å². The standard InChI is InChI=1S/C18H21N3O5S/c22-21(23)16-8-4-5-9-18(16)27(24,25)19-10-11-20-12-13-26-17(14-20)15-6-2-1-3-7-15/h1-9,17,19H,10-14H2. The fourth-order valence-electron chi connectivity index (χ4n) is 3.03. The van der Waals surface area contributed by atoms with Gasteiger partial charge >= 0.3 is 0 Å². The van der Waals surface area contributed by atoms with E-state index < -0.39 is 20.6 Å². The molecule has 0 aromatic heterocycles. The SMILES string of the molecule is O=[N+]([O-])c1ccccc1S(=O)(=O)NCCN1CCOC(c2ccccc2)C1. The molecule has 27 heavy (non-hydrogen) atoms. The number of nitrogens with zero attached hydrogens (tertiary/aromatic N) is 2. The molecule has 1 aliphatic heterocycles. The van der Waals surface area contributed by atoms with Gasteiger partial charge in [0, 0.05) is 32.2 Å². The molecule has 1 aliphatic rings. The second-order valence-corrected chi connectivity index (χ2v) is 7.93. The first kappa shape index (κ1) is 19.4. The van der Waals surface area contributed by atoms with Gasteiger partial charge in [-0.15, -0.1) is 0 Å². The quantitative estimate of drug-likeness (QED) is 0.572. The summed E-state index contributed by atoms with van der Waals surface area (Å²) >= 11 is 0. The van der Waals surface area contributed by atoms with E-state index in [-0.39, 0.29) is 17.5 Å². The molecule has 3 rings (SSSR count). The van der Waals surface area contributed by atoms with Crippen molar-refractivity contribution in [3.63, 3.8) is 0 Å². The highest BCUT2D eigenvalue weighted by Crippen LogP contribution is 2.23. The van der Waals surface area contributed by atoms with Crippen LogP contribution in [0.2, 0.25) is 0 Å². The first-order valence-electron chi connectivity index (χ1n) is 8.59. The molecule has 1 atom stereocenters. The molecule has 9 heteroatoms. The third-order valence-electron chi connectivity index (χ3n) is 4.39.